The van der Waals surface area contributed by atoms with Crippen LogP contribution in [0.3, 0.4) is 0 Å². The van der Waals surface area contributed by atoms with E-state index in [9.17, 15) is 0 Å². The molecule has 0 radical (unpaired) electrons. The Kier molecular flexibility index (Phi) is 8.18. The molecule has 2 atom stereocenters. The third kappa shape index (κ3) is 5.85. The first-order valence-corrected chi connectivity index (χ1v) is 7.34. The van der Waals surface area contributed by atoms with Crippen molar-refractivity contribution >= 4 is 11.6 Å². The van der Waals surface area contributed by atoms with Gasteiger partial charge in [-0.3, -0.25) is 4.90 Å². The average Bonchev–Trinajstić information content (AvgIpc) is 2.37. The van der Waals surface area contributed by atoms with E-state index in [1.165, 1.54) is 0 Å². The number of hydrogen-bond donors (Lipinski definition) is 1. The molecule has 0 aromatic heterocycles. The van der Waals surface area contributed by atoms with Crippen LogP contribution in [0.25, 0.3) is 0 Å². The molecule has 18 heavy (non-hydrogen) atoms. The number of morpholine rings is 1. The molecule has 0 bridgehead atoms. The monoisotopic (exact) mass is 278 g/mol. The molecule has 1 N–H and O–H groups in total. The number of nitrogens with one attached hydrogen (secondary N) is 1. The molecule has 1 aliphatic rings. The average molecular weight is 279 g/mol. The summed E-state index contributed by atoms with van der Waals surface area (Å²) in [6.07, 6.45) is 1.20. The largest absolute Gasteiger partial charge is 0.383 e. The number of alkyl halides is 1. The fraction of sp³-hybridized carbons (Fsp3) is 1.00. The first-order valence-electron chi connectivity index (χ1n) is 6.81. The zero-order chi connectivity index (χ0) is 13.4. The first kappa shape index (κ1) is 16.2. The summed E-state index contributed by atoms with van der Waals surface area (Å²) in [4.78, 5) is 2.46. The van der Waals surface area contributed by atoms with Crippen LogP contribution in [-0.4, -0.2) is 68.9 Å². The third-order valence-corrected chi connectivity index (χ3v) is 3.58. The van der Waals surface area contributed by atoms with Gasteiger partial charge in [-0.15, -0.1) is 11.6 Å². The topological polar surface area (TPSA) is 33.7 Å². The Labute approximate surface area is 116 Å². The van der Waals surface area contributed by atoms with Crippen LogP contribution in [0, 0.1) is 0 Å². The van der Waals surface area contributed by atoms with E-state index in [0.29, 0.717) is 24.6 Å². The number of halogens is 1. The number of methoxy groups -OCH3 is 1. The van der Waals surface area contributed by atoms with Gasteiger partial charge in [-0.25, -0.2) is 0 Å². The predicted octanol–water partition coefficient (Wildman–Crippen LogP) is 1.33. The number of rotatable bonds is 8. The van der Waals surface area contributed by atoms with Crippen LogP contribution >= 0.6 is 11.6 Å². The summed E-state index contributed by atoms with van der Waals surface area (Å²) in [7, 11) is 1.72. The van der Waals surface area contributed by atoms with Crippen LogP contribution in [0.15, 0.2) is 0 Å². The summed E-state index contributed by atoms with van der Waals surface area (Å²) in [5.74, 6) is 0.657. The van der Waals surface area contributed by atoms with E-state index >= 15 is 0 Å². The Hall–Kier alpha value is 0.130. The molecule has 5 heteroatoms. The van der Waals surface area contributed by atoms with Gasteiger partial charge < -0.3 is 14.8 Å². The van der Waals surface area contributed by atoms with Gasteiger partial charge in [0.2, 0.25) is 0 Å². The second kappa shape index (κ2) is 9.10. The van der Waals surface area contributed by atoms with E-state index in [-0.39, 0.29) is 6.10 Å². The van der Waals surface area contributed by atoms with Gasteiger partial charge >= 0.3 is 0 Å². The lowest BCUT2D eigenvalue weighted by Gasteiger charge is -2.36. The zero-order valence-electron chi connectivity index (χ0n) is 11.8. The Morgan fingerprint density at radius 1 is 1.50 bits per heavy atom. The molecular formula is C13H27ClN2O2. The van der Waals surface area contributed by atoms with Crippen LogP contribution in [0.4, 0.5) is 0 Å². The van der Waals surface area contributed by atoms with Crippen LogP contribution in [0.1, 0.15) is 20.3 Å². The Bertz CT molecular complexity index is 211. The number of nitrogens with zero attached hydrogens (tertiary/aromatic N) is 1. The van der Waals surface area contributed by atoms with Crippen molar-refractivity contribution in [3.05, 3.63) is 0 Å². The maximum atomic E-state index is 5.79. The van der Waals surface area contributed by atoms with Crippen LogP contribution in [-0.2, 0) is 9.47 Å². The molecule has 0 amide bonds. The lowest BCUT2D eigenvalue weighted by atomic mass is 10.2. The first-order chi connectivity index (χ1) is 8.67. The summed E-state index contributed by atoms with van der Waals surface area (Å²) in [6.45, 7) is 8.91. The molecule has 0 aromatic carbocycles. The standard InChI is InChI=1S/C13H27ClN2O2/c1-11(2)16-6-7-18-13(9-16)8-15-12(4-5-14)10-17-3/h11-13,15H,4-10H2,1-3H3. The molecule has 0 aromatic rings. The highest BCUT2D eigenvalue weighted by Gasteiger charge is 2.22. The third-order valence-electron chi connectivity index (χ3n) is 3.36. The smallest absolute Gasteiger partial charge is 0.0826 e. The van der Waals surface area contributed by atoms with Gasteiger partial charge in [0.05, 0.1) is 19.3 Å². The van der Waals surface area contributed by atoms with Crippen molar-refractivity contribution in [2.24, 2.45) is 0 Å². The highest BCUT2D eigenvalue weighted by molar-refractivity contribution is 6.17. The van der Waals surface area contributed by atoms with Gasteiger partial charge in [0, 0.05) is 44.7 Å². The molecule has 0 saturated carbocycles. The zero-order valence-corrected chi connectivity index (χ0v) is 12.6. The lowest BCUT2D eigenvalue weighted by molar-refractivity contribution is -0.0389. The second-order valence-corrected chi connectivity index (χ2v) is 5.50. The Morgan fingerprint density at radius 2 is 2.28 bits per heavy atom. The minimum Gasteiger partial charge on any atom is -0.383 e. The highest BCUT2D eigenvalue weighted by atomic mass is 35.5. The van der Waals surface area contributed by atoms with Crippen molar-refractivity contribution in [3.63, 3.8) is 0 Å². The molecule has 0 spiro atoms. The maximum absolute atomic E-state index is 5.79. The second-order valence-electron chi connectivity index (χ2n) is 5.12. The van der Waals surface area contributed by atoms with Gasteiger partial charge in [0.15, 0.2) is 0 Å². The van der Waals surface area contributed by atoms with E-state index in [4.69, 9.17) is 21.1 Å². The van der Waals surface area contributed by atoms with Crippen LogP contribution in [0.5, 0.6) is 0 Å². The predicted molar refractivity (Wildman–Crippen MR) is 75.5 cm³/mol. The van der Waals surface area contributed by atoms with Gasteiger partial charge in [0.1, 0.15) is 0 Å². The van der Waals surface area contributed by atoms with Gasteiger partial charge in [-0.2, -0.15) is 0 Å². The summed E-state index contributed by atoms with van der Waals surface area (Å²) >= 11 is 5.78. The molecule has 0 aliphatic carbocycles. The maximum Gasteiger partial charge on any atom is 0.0826 e. The number of hydrogen-bond acceptors (Lipinski definition) is 4. The molecule has 108 valence electrons. The van der Waals surface area contributed by atoms with Crippen molar-refractivity contribution in [2.45, 2.75) is 38.5 Å². The van der Waals surface area contributed by atoms with Crippen LogP contribution in [0.2, 0.25) is 0 Å². The van der Waals surface area contributed by atoms with E-state index < -0.39 is 0 Å². The molecule has 1 fully saturated rings. The van der Waals surface area contributed by atoms with E-state index in [2.05, 4.69) is 24.1 Å². The molecule has 2 unspecified atom stereocenters. The summed E-state index contributed by atoms with van der Waals surface area (Å²) in [5.41, 5.74) is 0. The Balaban J connectivity index is 2.28. The summed E-state index contributed by atoms with van der Waals surface area (Å²) in [6, 6.07) is 0.916. The Morgan fingerprint density at radius 3 is 2.89 bits per heavy atom. The van der Waals surface area contributed by atoms with Crippen molar-refractivity contribution < 1.29 is 9.47 Å². The molecular weight excluding hydrogens is 252 g/mol. The van der Waals surface area contributed by atoms with Crippen molar-refractivity contribution in [1.82, 2.24) is 10.2 Å². The number of ether oxygens (including phenoxy) is 2. The van der Waals surface area contributed by atoms with E-state index in [1.54, 1.807) is 7.11 Å². The fourth-order valence-corrected chi connectivity index (χ4v) is 2.47. The van der Waals surface area contributed by atoms with Crippen molar-refractivity contribution in [1.29, 1.82) is 0 Å². The molecule has 1 saturated heterocycles. The minimum absolute atomic E-state index is 0.274. The molecule has 1 rings (SSSR count). The van der Waals surface area contributed by atoms with Gasteiger partial charge in [-0.05, 0) is 20.3 Å². The quantitative estimate of drug-likeness (QED) is 0.679. The van der Waals surface area contributed by atoms with Gasteiger partial charge in [-0.1, -0.05) is 0 Å². The normalized spacial score (nSPS) is 23.5. The lowest BCUT2D eigenvalue weighted by Crippen LogP contribution is -2.50. The molecule has 1 heterocycles. The summed E-state index contributed by atoms with van der Waals surface area (Å²) < 4.78 is 11.0. The minimum atomic E-state index is 0.274. The summed E-state index contributed by atoms with van der Waals surface area (Å²) in [5, 5.41) is 3.49. The molecule has 1 aliphatic heterocycles. The van der Waals surface area contributed by atoms with Crippen molar-refractivity contribution in [3.8, 4) is 0 Å². The molecule has 4 nitrogen and oxygen atoms in total. The van der Waals surface area contributed by atoms with Gasteiger partial charge in [0.25, 0.3) is 0 Å². The highest BCUT2D eigenvalue weighted by Crippen LogP contribution is 2.08. The van der Waals surface area contributed by atoms with E-state index in [1.807, 2.05) is 0 Å². The van der Waals surface area contributed by atoms with Crippen LogP contribution < -0.4 is 5.32 Å². The fourth-order valence-electron chi connectivity index (χ4n) is 2.21. The SMILES string of the molecule is COCC(CCCl)NCC1CN(C(C)C)CCO1. The van der Waals surface area contributed by atoms with Crippen molar-refractivity contribution in [2.75, 3.05) is 45.8 Å². The van der Waals surface area contributed by atoms with E-state index in [0.717, 1.165) is 32.7 Å².